The van der Waals surface area contributed by atoms with Gasteiger partial charge in [-0.2, -0.15) is 0 Å². The zero-order valence-electron chi connectivity index (χ0n) is 13.1. The van der Waals surface area contributed by atoms with Gasteiger partial charge in [0.1, 0.15) is 35.3 Å². The lowest BCUT2D eigenvalue weighted by molar-refractivity contribution is 0.590. The van der Waals surface area contributed by atoms with E-state index in [0.717, 1.165) is 12.1 Å². The van der Waals surface area contributed by atoms with E-state index in [2.05, 4.69) is 27.5 Å². The number of aryl methyl sites for hydroxylation is 1. The number of aromatic nitrogens is 2. The molecular weight excluding hydrogens is 310 g/mol. The van der Waals surface area contributed by atoms with Gasteiger partial charge in [0.2, 0.25) is 0 Å². The molecule has 0 unspecified atom stereocenters. The van der Waals surface area contributed by atoms with Crippen molar-refractivity contribution in [3.8, 4) is 0 Å². The minimum Gasteiger partial charge on any atom is -0.340 e. The van der Waals surface area contributed by atoms with E-state index in [1.807, 2.05) is 24.3 Å². The topological polar surface area (TPSA) is 49.8 Å². The summed E-state index contributed by atoms with van der Waals surface area (Å²) in [7, 11) is 0. The lowest BCUT2D eigenvalue weighted by Crippen LogP contribution is -2.01. The highest BCUT2D eigenvalue weighted by Crippen LogP contribution is 2.23. The van der Waals surface area contributed by atoms with Crippen LogP contribution in [0.4, 0.5) is 31.8 Å². The van der Waals surface area contributed by atoms with Crippen molar-refractivity contribution in [2.75, 3.05) is 10.6 Å². The maximum absolute atomic E-state index is 13.7. The first-order chi connectivity index (χ1) is 11.7. The van der Waals surface area contributed by atoms with Gasteiger partial charge in [-0.3, -0.25) is 0 Å². The lowest BCUT2D eigenvalue weighted by atomic mass is 10.1. The molecule has 1 heterocycles. The van der Waals surface area contributed by atoms with Crippen LogP contribution < -0.4 is 10.6 Å². The van der Waals surface area contributed by atoms with E-state index >= 15 is 0 Å². The van der Waals surface area contributed by atoms with Crippen molar-refractivity contribution >= 4 is 23.0 Å². The smallest absolute Gasteiger partial charge is 0.149 e. The highest BCUT2D eigenvalue weighted by Gasteiger charge is 2.09. The van der Waals surface area contributed by atoms with Crippen LogP contribution >= 0.6 is 0 Å². The normalized spacial score (nSPS) is 10.5. The summed E-state index contributed by atoms with van der Waals surface area (Å²) in [6.07, 6.45) is 2.29. The van der Waals surface area contributed by atoms with Crippen molar-refractivity contribution in [2.24, 2.45) is 0 Å². The highest BCUT2D eigenvalue weighted by atomic mass is 19.1. The van der Waals surface area contributed by atoms with Gasteiger partial charge in [0.25, 0.3) is 0 Å². The fraction of sp³-hybridized carbons (Fsp3) is 0.111. The summed E-state index contributed by atoms with van der Waals surface area (Å²) in [6, 6.07) is 13.2. The summed E-state index contributed by atoms with van der Waals surface area (Å²) in [5.41, 5.74) is 1.86. The summed E-state index contributed by atoms with van der Waals surface area (Å²) in [5.74, 6) is -0.549. The number of anilines is 4. The van der Waals surface area contributed by atoms with Gasteiger partial charge in [-0.15, -0.1) is 0 Å². The van der Waals surface area contributed by atoms with Crippen LogP contribution in [0.25, 0.3) is 0 Å². The summed E-state index contributed by atoms with van der Waals surface area (Å²) in [5, 5.41) is 5.78. The van der Waals surface area contributed by atoms with E-state index in [9.17, 15) is 8.78 Å². The molecule has 24 heavy (non-hydrogen) atoms. The Balaban J connectivity index is 1.78. The molecule has 6 heteroatoms. The van der Waals surface area contributed by atoms with Crippen LogP contribution in [-0.4, -0.2) is 9.97 Å². The molecule has 0 atom stereocenters. The van der Waals surface area contributed by atoms with E-state index in [-0.39, 0.29) is 5.69 Å². The average molecular weight is 326 g/mol. The number of para-hydroxylation sites is 1. The van der Waals surface area contributed by atoms with Gasteiger partial charge >= 0.3 is 0 Å². The minimum atomic E-state index is -0.682. The van der Waals surface area contributed by atoms with Gasteiger partial charge in [-0.1, -0.05) is 25.1 Å². The Labute approximate surface area is 138 Å². The van der Waals surface area contributed by atoms with Gasteiger partial charge in [0, 0.05) is 11.8 Å². The van der Waals surface area contributed by atoms with E-state index in [1.165, 1.54) is 30.1 Å². The first kappa shape index (κ1) is 15.9. The Kier molecular flexibility index (Phi) is 4.65. The molecule has 0 radical (unpaired) electrons. The monoisotopic (exact) mass is 326 g/mol. The Bertz CT molecular complexity index is 814. The molecule has 4 nitrogen and oxygen atoms in total. The van der Waals surface area contributed by atoms with Crippen LogP contribution in [0.2, 0.25) is 0 Å². The van der Waals surface area contributed by atoms with Crippen LogP contribution in [0, 0.1) is 11.6 Å². The van der Waals surface area contributed by atoms with E-state index in [1.54, 1.807) is 6.07 Å². The van der Waals surface area contributed by atoms with Crippen molar-refractivity contribution < 1.29 is 8.78 Å². The quantitative estimate of drug-likeness (QED) is 0.707. The van der Waals surface area contributed by atoms with Gasteiger partial charge < -0.3 is 10.6 Å². The number of hydrogen-bond donors (Lipinski definition) is 2. The molecule has 0 fully saturated rings. The zero-order valence-corrected chi connectivity index (χ0v) is 13.1. The van der Waals surface area contributed by atoms with Gasteiger partial charge in [0.15, 0.2) is 0 Å². The third-order valence-electron chi connectivity index (χ3n) is 3.52. The van der Waals surface area contributed by atoms with Gasteiger partial charge in [-0.05, 0) is 36.2 Å². The zero-order chi connectivity index (χ0) is 16.9. The molecule has 0 bridgehead atoms. The van der Waals surface area contributed by atoms with Crippen LogP contribution in [0.3, 0.4) is 0 Å². The fourth-order valence-electron chi connectivity index (χ4n) is 2.21. The van der Waals surface area contributed by atoms with Crippen molar-refractivity contribution in [1.82, 2.24) is 9.97 Å². The summed E-state index contributed by atoms with van der Waals surface area (Å²) in [4.78, 5) is 8.10. The standard InChI is InChI=1S/C18H16F2N4/c1-2-12-6-8-13(9-7-12)23-16-10-17(22-11-21-16)24-18-14(19)4-3-5-15(18)20/h3-11H,2H2,1H3,(H2,21,22,23,24). The molecule has 122 valence electrons. The molecular formula is C18H16F2N4. The van der Waals surface area contributed by atoms with E-state index < -0.39 is 11.6 Å². The van der Waals surface area contributed by atoms with Crippen molar-refractivity contribution in [3.05, 3.63) is 72.1 Å². The fourth-order valence-corrected chi connectivity index (χ4v) is 2.21. The molecule has 0 saturated heterocycles. The van der Waals surface area contributed by atoms with Gasteiger partial charge in [-0.25, -0.2) is 18.7 Å². The maximum atomic E-state index is 13.7. The number of nitrogens with one attached hydrogen (secondary N) is 2. The molecule has 0 aliphatic heterocycles. The number of nitrogens with zero attached hydrogens (tertiary/aromatic N) is 2. The number of benzene rings is 2. The molecule has 0 aliphatic rings. The molecule has 2 aromatic carbocycles. The molecule has 0 saturated carbocycles. The molecule has 3 aromatic rings. The minimum absolute atomic E-state index is 0.241. The van der Waals surface area contributed by atoms with Crippen molar-refractivity contribution in [3.63, 3.8) is 0 Å². The summed E-state index contributed by atoms with van der Waals surface area (Å²) in [6.45, 7) is 2.09. The second-order valence-corrected chi connectivity index (χ2v) is 5.19. The van der Waals surface area contributed by atoms with Crippen molar-refractivity contribution in [1.29, 1.82) is 0 Å². The predicted octanol–water partition coefficient (Wildman–Crippen LogP) is 4.80. The van der Waals surface area contributed by atoms with Crippen LogP contribution in [0.15, 0.2) is 54.9 Å². The molecule has 1 aromatic heterocycles. The third-order valence-corrected chi connectivity index (χ3v) is 3.52. The maximum Gasteiger partial charge on any atom is 0.149 e. The molecule has 0 amide bonds. The Morgan fingerprint density at radius 3 is 2.12 bits per heavy atom. The van der Waals surface area contributed by atoms with E-state index in [4.69, 9.17) is 0 Å². The summed E-state index contributed by atoms with van der Waals surface area (Å²) >= 11 is 0. The largest absolute Gasteiger partial charge is 0.340 e. The molecule has 2 N–H and O–H groups in total. The lowest BCUT2D eigenvalue weighted by Gasteiger charge is -2.10. The third kappa shape index (κ3) is 3.65. The Morgan fingerprint density at radius 1 is 0.875 bits per heavy atom. The first-order valence-electron chi connectivity index (χ1n) is 7.54. The number of hydrogen-bond acceptors (Lipinski definition) is 4. The summed E-state index contributed by atoms with van der Waals surface area (Å²) < 4.78 is 27.4. The Morgan fingerprint density at radius 2 is 1.50 bits per heavy atom. The Hall–Kier alpha value is -3.02. The molecule has 3 rings (SSSR count). The van der Waals surface area contributed by atoms with Gasteiger partial charge in [0.05, 0.1) is 0 Å². The molecule has 0 aliphatic carbocycles. The number of halogens is 2. The van der Waals surface area contributed by atoms with Crippen LogP contribution in [-0.2, 0) is 6.42 Å². The molecule has 0 spiro atoms. The number of rotatable bonds is 5. The SMILES string of the molecule is CCc1ccc(Nc2cc(Nc3c(F)cccc3F)ncn2)cc1. The van der Waals surface area contributed by atoms with Crippen LogP contribution in [0.1, 0.15) is 12.5 Å². The second-order valence-electron chi connectivity index (χ2n) is 5.19. The van der Waals surface area contributed by atoms with Crippen LogP contribution in [0.5, 0.6) is 0 Å². The first-order valence-corrected chi connectivity index (χ1v) is 7.54. The highest BCUT2D eigenvalue weighted by molar-refractivity contribution is 5.63. The van der Waals surface area contributed by atoms with Crippen molar-refractivity contribution in [2.45, 2.75) is 13.3 Å². The second kappa shape index (κ2) is 7.04. The predicted molar refractivity (Wildman–Crippen MR) is 90.8 cm³/mol. The average Bonchev–Trinajstić information content (AvgIpc) is 2.59. The van der Waals surface area contributed by atoms with E-state index in [0.29, 0.717) is 11.6 Å².